The zero-order valence-electron chi connectivity index (χ0n) is 21.6. The summed E-state index contributed by atoms with van der Waals surface area (Å²) in [6.45, 7) is 4.54. The lowest BCUT2D eigenvalue weighted by molar-refractivity contribution is -0.139. The molecule has 0 fully saturated rings. The molecule has 2 N–H and O–H groups in total. The standard InChI is InChI=1S/C30H35NO4S2/c1-4-37-20-28(23-11-6-5-7-12-23)35-19-22-14-15-25(26(18-22)24-13-9-8-10-21(24)2)29(32)31-27(30(33)34)16-17-36-3/h5-15,18,27-28H,4,16-17,19-20H2,1-3H3,(H,31,32)(H,33,34)/t27-,28+/m0/s1. The van der Waals surface area contributed by atoms with Gasteiger partial charge in [-0.2, -0.15) is 23.5 Å². The van der Waals surface area contributed by atoms with E-state index in [0.29, 0.717) is 24.3 Å². The van der Waals surface area contributed by atoms with Crippen LogP contribution in [0.4, 0.5) is 0 Å². The van der Waals surface area contributed by atoms with Gasteiger partial charge < -0.3 is 15.2 Å². The highest BCUT2D eigenvalue weighted by molar-refractivity contribution is 7.99. The van der Waals surface area contributed by atoms with E-state index in [1.54, 1.807) is 17.8 Å². The van der Waals surface area contributed by atoms with E-state index in [4.69, 9.17) is 4.74 Å². The number of hydrogen-bond donors (Lipinski definition) is 2. The molecule has 0 aliphatic heterocycles. The second-order valence-corrected chi connectivity index (χ2v) is 11.0. The van der Waals surface area contributed by atoms with Crippen LogP contribution in [0.3, 0.4) is 0 Å². The summed E-state index contributed by atoms with van der Waals surface area (Å²) in [6.07, 6.45) is 2.25. The topological polar surface area (TPSA) is 75.6 Å². The van der Waals surface area contributed by atoms with E-state index >= 15 is 0 Å². The van der Waals surface area contributed by atoms with Gasteiger partial charge in [0.1, 0.15) is 6.04 Å². The van der Waals surface area contributed by atoms with E-state index in [1.165, 1.54) is 0 Å². The number of aryl methyl sites for hydroxylation is 1. The van der Waals surface area contributed by atoms with E-state index in [-0.39, 0.29) is 12.0 Å². The third-order valence-corrected chi connectivity index (χ3v) is 7.66. The summed E-state index contributed by atoms with van der Waals surface area (Å²) in [7, 11) is 0. The van der Waals surface area contributed by atoms with Crippen molar-refractivity contribution in [2.45, 2.75) is 39.0 Å². The van der Waals surface area contributed by atoms with Crippen molar-refractivity contribution in [2.75, 3.05) is 23.5 Å². The largest absolute Gasteiger partial charge is 0.480 e. The Kier molecular flexibility index (Phi) is 11.6. The van der Waals surface area contributed by atoms with Gasteiger partial charge in [0.15, 0.2) is 0 Å². The number of ether oxygens (including phenoxy) is 1. The number of aliphatic carboxylic acids is 1. The molecule has 2 atom stereocenters. The summed E-state index contributed by atoms with van der Waals surface area (Å²) in [5.41, 5.74) is 5.29. The zero-order chi connectivity index (χ0) is 26.6. The highest BCUT2D eigenvalue weighted by Crippen LogP contribution is 2.30. The number of carbonyl (C=O) groups excluding carboxylic acids is 1. The first-order valence-electron chi connectivity index (χ1n) is 12.4. The normalized spacial score (nSPS) is 12.6. The lowest BCUT2D eigenvalue weighted by Gasteiger charge is -2.20. The van der Waals surface area contributed by atoms with Crippen LogP contribution in [-0.2, 0) is 16.1 Å². The van der Waals surface area contributed by atoms with Gasteiger partial charge in [-0.15, -0.1) is 0 Å². The van der Waals surface area contributed by atoms with Crippen molar-refractivity contribution in [1.82, 2.24) is 5.32 Å². The van der Waals surface area contributed by atoms with E-state index in [1.807, 2.05) is 79.5 Å². The van der Waals surface area contributed by atoms with Crippen molar-refractivity contribution in [1.29, 1.82) is 0 Å². The van der Waals surface area contributed by atoms with Gasteiger partial charge in [-0.3, -0.25) is 4.79 Å². The summed E-state index contributed by atoms with van der Waals surface area (Å²) in [4.78, 5) is 25.0. The first kappa shape index (κ1) is 28.8. The second kappa shape index (κ2) is 14.9. The Balaban J connectivity index is 1.89. The van der Waals surface area contributed by atoms with Gasteiger partial charge in [-0.25, -0.2) is 4.79 Å². The lowest BCUT2D eigenvalue weighted by Crippen LogP contribution is -2.41. The summed E-state index contributed by atoms with van der Waals surface area (Å²) in [5, 5.41) is 12.3. The average Bonchev–Trinajstić information content (AvgIpc) is 2.91. The zero-order valence-corrected chi connectivity index (χ0v) is 23.2. The molecule has 37 heavy (non-hydrogen) atoms. The van der Waals surface area contributed by atoms with Crippen LogP contribution in [0.1, 0.15) is 46.5 Å². The van der Waals surface area contributed by atoms with Gasteiger partial charge in [-0.1, -0.05) is 67.6 Å². The van der Waals surface area contributed by atoms with Gasteiger partial charge in [0.25, 0.3) is 5.91 Å². The molecule has 0 aliphatic rings. The molecular formula is C30H35NO4S2. The fourth-order valence-electron chi connectivity index (χ4n) is 4.04. The van der Waals surface area contributed by atoms with Crippen LogP contribution in [0.15, 0.2) is 72.8 Å². The van der Waals surface area contributed by atoms with Crippen molar-refractivity contribution < 1.29 is 19.4 Å². The van der Waals surface area contributed by atoms with Gasteiger partial charge in [0.2, 0.25) is 0 Å². The second-order valence-electron chi connectivity index (χ2n) is 8.71. The molecule has 0 spiro atoms. The SMILES string of the molecule is CCSC[C@@H](OCc1ccc(C(=O)N[C@@H](CCSC)C(=O)O)c(-c2ccccc2C)c1)c1ccccc1. The minimum Gasteiger partial charge on any atom is -0.480 e. The molecule has 0 aliphatic carbocycles. The number of carbonyl (C=O) groups is 2. The minimum atomic E-state index is -1.03. The molecule has 3 rings (SSSR count). The highest BCUT2D eigenvalue weighted by atomic mass is 32.2. The number of benzene rings is 3. The maximum absolute atomic E-state index is 13.3. The molecule has 7 heteroatoms. The molecular weight excluding hydrogens is 502 g/mol. The summed E-state index contributed by atoms with van der Waals surface area (Å²) in [6, 6.07) is 22.8. The highest BCUT2D eigenvalue weighted by Gasteiger charge is 2.23. The number of amides is 1. The van der Waals surface area contributed by atoms with Crippen LogP contribution in [0.2, 0.25) is 0 Å². The third-order valence-electron chi connectivity index (χ3n) is 6.07. The summed E-state index contributed by atoms with van der Waals surface area (Å²) in [5.74, 6) is 1.11. The smallest absolute Gasteiger partial charge is 0.326 e. The Morgan fingerprint density at radius 3 is 2.41 bits per heavy atom. The fourth-order valence-corrected chi connectivity index (χ4v) is 5.25. The third kappa shape index (κ3) is 8.38. The van der Waals surface area contributed by atoms with Crippen LogP contribution < -0.4 is 5.32 Å². The van der Waals surface area contributed by atoms with Crippen LogP contribution in [-0.4, -0.2) is 46.5 Å². The van der Waals surface area contributed by atoms with Crippen molar-refractivity contribution in [3.63, 3.8) is 0 Å². The molecule has 3 aromatic carbocycles. The number of rotatable bonds is 14. The Morgan fingerprint density at radius 2 is 1.73 bits per heavy atom. The molecule has 0 aromatic heterocycles. The molecule has 0 heterocycles. The van der Waals surface area contributed by atoms with Crippen molar-refractivity contribution >= 4 is 35.4 Å². The fraction of sp³-hybridized carbons (Fsp3) is 0.333. The Labute approximate surface area is 228 Å². The van der Waals surface area contributed by atoms with Crippen molar-refractivity contribution in [3.05, 3.63) is 95.1 Å². The molecule has 0 saturated heterocycles. The number of carboxylic acid groups (broad SMARTS) is 1. The molecule has 0 bridgehead atoms. The summed E-state index contributed by atoms with van der Waals surface area (Å²) >= 11 is 3.40. The maximum atomic E-state index is 13.3. The lowest BCUT2D eigenvalue weighted by atomic mass is 9.93. The minimum absolute atomic E-state index is 0.0382. The number of nitrogens with one attached hydrogen (secondary N) is 1. The molecule has 0 radical (unpaired) electrons. The molecule has 5 nitrogen and oxygen atoms in total. The maximum Gasteiger partial charge on any atom is 0.326 e. The van der Waals surface area contributed by atoms with Crippen LogP contribution in [0.25, 0.3) is 11.1 Å². The first-order chi connectivity index (χ1) is 17.9. The molecule has 196 valence electrons. The van der Waals surface area contributed by atoms with Crippen molar-refractivity contribution in [2.24, 2.45) is 0 Å². The summed E-state index contributed by atoms with van der Waals surface area (Å²) < 4.78 is 6.38. The quantitative estimate of drug-likeness (QED) is 0.241. The predicted molar refractivity (Wildman–Crippen MR) is 155 cm³/mol. The number of thioether (sulfide) groups is 2. The van der Waals surface area contributed by atoms with E-state index in [9.17, 15) is 14.7 Å². The Hall–Kier alpha value is -2.74. The Bertz CT molecular complexity index is 1170. The number of hydrogen-bond acceptors (Lipinski definition) is 5. The predicted octanol–water partition coefficient (Wildman–Crippen LogP) is 6.61. The monoisotopic (exact) mass is 537 g/mol. The van der Waals surface area contributed by atoms with E-state index in [0.717, 1.165) is 39.3 Å². The van der Waals surface area contributed by atoms with Gasteiger partial charge >= 0.3 is 5.97 Å². The first-order valence-corrected chi connectivity index (χ1v) is 14.9. The van der Waals surface area contributed by atoms with Crippen LogP contribution in [0.5, 0.6) is 0 Å². The molecule has 0 unspecified atom stereocenters. The van der Waals surface area contributed by atoms with E-state index in [2.05, 4.69) is 24.4 Å². The van der Waals surface area contributed by atoms with Gasteiger partial charge in [0.05, 0.1) is 12.7 Å². The molecule has 0 saturated carbocycles. The van der Waals surface area contributed by atoms with Crippen LogP contribution in [0, 0.1) is 6.92 Å². The number of carboxylic acids is 1. The van der Waals surface area contributed by atoms with Gasteiger partial charge in [0, 0.05) is 11.3 Å². The van der Waals surface area contributed by atoms with Gasteiger partial charge in [-0.05, 0) is 71.1 Å². The molecule has 1 amide bonds. The Morgan fingerprint density at radius 1 is 1.00 bits per heavy atom. The van der Waals surface area contributed by atoms with E-state index < -0.39 is 12.0 Å². The van der Waals surface area contributed by atoms with Crippen LogP contribution >= 0.6 is 23.5 Å². The average molecular weight is 538 g/mol. The molecule has 3 aromatic rings. The van der Waals surface area contributed by atoms with Crippen molar-refractivity contribution in [3.8, 4) is 11.1 Å².